The number of piperidine rings is 1. The van der Waals surface area contributed by atoms with Gasteiger partial charge in [-0.25, -0.2) is 13.1 Å². The van der Waals surface area contributed by atoms with Crippen molar-refractivity contribution in [2.45, 2.75) is 71.2 Å². The highest BCUT2D eigenvalue weighted by molar-refractivity contribution is 7.88. The van der Waals surface area contributed by atoms with Crippen LogP contribution < -0.4 is 10.0 Å². The Morgan fingerprint density at radius 1 is 1.28 bits per heavy atom. The number of hydrogen-bond donors (Lipinski definition) is 2. The van der Waals surface area contributed by atoms with Crippen LogP contribution in [0.5, 0.6) is 0 Å². The summed E-state index contributed by atoms with van der Waals surface area (Å²) in [4.78, 5) is 14.7. The van der Waals surface area contributed by atoms with Crippen molar-refractivity contribution in [3.8, 4) is 0 Å². The topological polar surface area (TPSA) is 78.5 Å². The van der Waals surface area contributed by atoms with Crippen molar-refractivity contribution in [1.29, 1.82) is 0 Å². The van der Waals surface area contributed by atoms with Crippen molar-refractivity contribution in [2.75, 3.05) is 13.1 Å². The van der Waals surface area contributed by atoms with Crippen LogP contribution in [0, 0.1) is 0 Å². The van der Waals surface area contributed by atoms with Gasteiger partial charge in [-0.1, -0.05) is 50.8 Å². The zero-order valence-corrected chi connectivity index (χ0v) is 19.1. The van der Waals surface area contributed by atoms with Gasteiger partial charge in [-0.3, -0.25) is 4.79 Å². The molecular weight excluding hydrogens is 386 g/mol. The van der Waals surface area contributed by atoms with Crippen LogP contribution in [-0.4, -0.2) is 44.4 Å². The molecule has 0 spiro atoms. The van der Waals surface area contributed by atoms with E-state index in [4.69, 9.17) is 0 Å². The number of hydrogen-bond acceptors (Lipinski definition) is 4. The van der Waals surface area contributed by atoms with Crippen molar-refractivity contribution in [3.63, 3.8) is 0 Å². The lowest BCUT2D eigenvalue weighted by atomic mass is 10.0. The van der Waals surface area contributed by atoms with Gasteiger partial charge < -0.3 is 10.2 Å². The highest BCUT2D eigenvalue weighted by Crippen LogP contribution is 2.23. The minimum absolute atomic E-state index is 0. The van der Waals surface area contributed by atoms with Gasteiger partial charge in [0.1, 0.15) is 6.04 Å². The normalized spacial score (nSPS) is 17.7. The zero-order chi connectivity index (χ0) is 21.9. The van der Waals surface area contributed by atoms with E-state index in [1.54, 1.807) is 24.3 Å². The summed E-state index contributed by atoms with van der Waals surface area (Å²) in [6.45, 7) is 13.4. The lowest BCUT2D eigenvalue weighted by Crippen LogP contribution is -2.48. The lowest BCUT2D eigenvalue weighted by Gasteiger charge is -2.37. The number of sulfonamides is 1. The molecule has 0 bridgehead atoms. The summed E-state index contributed by atoms with van der Waals surface area (Å²) >= 11 is 0. The second-order valence-corrected chi connectivity index (χ2v) is 8.87. The second kappa shape index (κ2) is 12.6. The molecule has 0 radical (unpaired) electrons. The summed E-state index contributed by atoms with van der Waals surface area (Å²) < 4.78 is 27.8. The maximum atomic E-state index is 12.6. The lowest BCUT2D eigenvalue weighted by molar-refractivity contribution is -0.122. The van der Waals surface area contributed by atoms with E-state index in [0.29, 0.717) is 18.2 Å². The van der Waals surface area contributed by atoms with Crippen molar-refractivity contribution in [3.05, 3.63) is 48.2 Å². The Bertz CT molecular complexity index is 741. The van der Waals surface area contributed by atoms with Gasteiger partial charge in [-0.15, -0.1) is 0 Å². The first-order valence-electron chi connectivity index (χ1n) is 10.6. The minimum atomic E-state index is -3.66. The van der Waals surface area contributed by atoms with Crippen LogP contribution in [-0.2, 0) is 20.6 Å². The third kappa shape index (κ3) is 8.58. The number of amides is 1. The predicted octanol–water partition coefficient (Wildman–Crippen LogP) is 3.66. The fourth-order valence-electron chi connectivity index (χ4n) is 3.46. The monoisotopic (exact) mass is 425 g/mol. The molecule has 1 fully saturated rings. The molecule has 2 N–H and O–H groups in total. The molecule has 1 aliphatic rings. The van der Waals surface area contributed by atoms with Gasteiger partial charge in [0.2, 0.25) is 15.9 Å². The third-order valence-corrected chi connectivity index (χ3v) is 6.19. The van der Waals surface area contributed by atoms with E-state index >= 15 is 0 Å². The molecule has 0 aromatic heterocycles. The molecule has 0 aliphatic carbocycles. The molecule has 1 aliphatic heterocycles. The molecule has 1 heterocycles. The first-order chi connectivity index (χ1) is 13.8. The summed E-state index contributed by atoms with van der Waals surface area (Å²) in [6, 6.07) is 8.45. The molecule has 2 atom stereocenters. The van der Waals surface area contributed by atoms with E-state index in [1.165, 1.54) is 6.42 Å². The van der Waals surface area contributed by atoms with Crippen LogP contribution in [0.15, 0.2) is 42.6 Å². The summed E-state index contributed by atoms with van der Waals surface area (Å²) in [6.07, 6.45) is 3.64. The van der Waals surface area contributed by atoms with E-state index in [2.05, 4.69) is 28.4 Å². The predicted molar refractivity (Wildman–Crippen MR) is 122 cm³/mol. The van der Waals surface area contributed by atoms with Crippen LogP contribution in [0.1, 0.15) is 60.4 Å². The first kappa shape index (κ1) is 25.2. The van der Waals surface area contributed by atoms with Crippen molar-refractivity contribution in [2.24, 2.45) is 0 Å². The SMILES string of the molecule is C=C(C[C@H](NS(=O)(=O)Cc1ccccc1)C(=O)NCC)N1CCCC[C@@H]1C.CC.[HH]. The first-order valence-corrected chi connectivity index (χ1v) is 12.2. The molecule has 7 heteroatoms. The van der Waals surface area contributed by atoms with Crippen molar-refractivity contribution in [1.82, 2.24) is 14.9 Å². The Morgan fingerprint density at radius 2 is 1.93 bits per heavy atom. The quantitative estimate of drug-likeness (QED) is 0.633. The van der Waals surface area contributed by atoms with E-state index in [0.717, 1.165) is 25.1 Å². The average molecular weight is 426 g/mol. The number of benzene rings is 1. The second-order valence-electron chi connectivity index (χ2n) is 7.12. The van der Waals surface area contributed by atoms with E-state index < -0.39 is 16.1 Å². The Kier molecular flexibility index (Phi) is 11.0. The molecule has 166 valence electrons. The van der Waals surface area contributed by atoms with Crippen LogP contribution in [0.2, 0.25) is 0 Å². The van der Waals surface area contributed by atoms with Crippen LogP contribution >= 0.6 is 0 Å². The molecule has 1 aromatic carbocycles. The number of nitrogens with zero attached hydrogens (tertiary/aromatic N) is 1. The van der Waals surface area contributed by atoms with Gasteiger partial charge in [-0.05, 0) is 38.7 Å². The molecule has 1 saturated heterocycles. The smallest absolute Gasteiger partial charge is 0.238 e. The number of nitrogens with one attached hydrogen (secondary N) is 2. The van der Waals surface area contributed by atoms with E-state index in [1.807, 2.05) is 26.8 Å². The van der Waals surface area contributed by atoms with Gasteiger partial charge in [0.15, 0.2) is 0 Å². The Morgan fingerprint density at radius 3 is 2.52 bits per heavy atom. The molecule has 1 amide bonds. The zero-order valence-electron chi connectivity index (χ0n) is 18.3. The number of likely N-dealkylation sites (tertiary alicyclic amines) is 1. The highest BCUT2D eigenvalue weighted by Gasteiger charge is 2.28. The van der Waals surface area contributed by atoms with E-state index in [9.17, 15) is 13.2 Å². The number of rotatable bonds is 9. The van der Waals surface area contributed by atoms with Crippen molar-refractivity contribution < 1.29 is 14.6 Å². The number of likely N-dealkylation sites (N-methyl/N-ethyl adjacent to an activating group) is 1. The van der Waals surface area contributed by atoms with Crippen LogP contribution in [0.25, 0.3) is 0 Å². The van der Waals surface area contributed by atoms with Gasteiger partial charge in [0.25, 0.3) is 0 Å². The summed E-state index contributed by atoms with van der Waals surface area (Å²) in [5, 5.41) is 2.73. The Balaban J connectivity index is 0.00000272. The van der Waals surface area contributed by atoms with Gasteiger partial charge in [0, 0.05) is 32.7 Å². The molecule has 0 unspecified atom stereocenters. The largest absolute Gasteiger partial charge is 0.373 e. The molecular formula is C22H39N3O3S. The molecule has 29 heavy (non-hydrogen) atoms. The maximum absolute atomic E-state index is 12.6. The number of carbonyl (C=O) groups is 1. The Hall–Kier alpha value is -1.86. The van der Waals surface area contributed by atoms with Crippen LogP contribution in [0.3, 0.4) is 0 Å². The van der Waals surface area contributed by atoms with Crippen LogP contribution in [0.4, 0.5) is 0 Å². The molecule has 1 aromatic rings. The standard InChI is InChI=1S/C20H31N3O3S.C2H6.H2/c1-4-21-20(24)19(14-17(3)23-13-9-8-10-16(23)2)22-27(25,26)15-18-11-6-5-7-12-18;1-2;/h5-7,11-12,16,19,22H,3-4,8-10,13-15H2,1-2H3,(H,21,24);1-2H3;1H/t16-,19-;;/m0../s1. The molecule has 2 rings (SSSR count). The maximum Gasteiger partial charge on any atom is 0.238 e. The van der Waals surface area contributed by atoms with Crippen molar-refractivity contribution >= 4 is 15.9 Å². The third-order valence-electron chi connectivity index (χ3n) is 4.84. The van der Waals surface area contributed by atoms with Gasteiger partial charge in [-0.2, -0.15) is 0 Å². The van der Waals surface area contributed by atoms with Gasteiger partial charge in [0.05, 0.1) is 5.75 Å². The summed E-state index contributed by atoms with van der Waals surface area (Å²) in [7, 11) is -3.66. The summed E-state index contributed by atoms with van der Waals surface area (Å²) in [5.74, 6) is -0.476. The minimum Gasteiger partial charge on any atom is -0.373 e. The Labute approximate surface area is 178 Å². The molecule has 6 nitrogen and oxygen atoms in total. The fourth-order valence-corrected chi connectivity index (χ4v) is 4.80. The fraction of sp³-hybridized carbons (Fsp3) is 0.591. The average Bonchev–Trinajstić information content (AvgIpc) is 2.69. The molecule has 0 saturated carbocycles. The van der Waals surface area contributed by atoms with Gasteiger partial charge >= 0.3 is 0 Å². The number of carbonyl (C=O) groups excluding carboxylic acids is 1. The summed E-state index contributed by atoms with van der Waals surface area (Å²) in [5.41, 5.74) is 1.49. The van der Waals surface area contributed by atoms with E-state index in [-0.39, 0.29) is 19.5 Å². The highest BCUT2D eigenvalue weighted by atomic mass is 32.2.